The SMILES string of the molecule is CCn1ncnc1CC(Cc1cccc(C)c1)NC. The monoisotopic (exact) mass is 258 g/mol. The van der Waals surface area contributed by atoms with Crippen LogP contribution in [0, 0.1) is 6.92 Å². The second kappa shape index (κ2) is 6.48. The van der Waals surface area contributed by atoms with Crippen molar-refractivity contribution in [1.82, 2.24) is 20.1 Å². The molecule has 2 aromatic rings. The summed E-state index contributed by atoms with van der Waals surface area (Å²) in [4.78, 5) is 4.35. The van der Waals surface area contributed by atoms with E-state index in [1.165, 1.54) is 11.1 Å². The third-order valence-corrected chi connectivity index (χ3v) is 3.40. The van der Waals surface area contributed by atoms with E-state index in [9.17, 15) is 0 Å². The van der Waals surface area contributed by atoms with Gasteiger partial charge in [0.25, 0.3) is 0 Å². The van der Waals surface area contributed by atoms with Crippen molar-refractivity contribution in [3.8, 4) is 0 Å². The Balaban J connectivity index is 2.04. The topological polar surface area (TPSA) is 42.7 Å². The van der Waals surface area contributed by atoms with Crippen molar-refractivity contribution in [2.24, 2.45) is 0 Å². The first kappa shape index (κ1) is 13.7. The van der Waals surface area contributed by atoms with Gasteiger partial charge in [-0.3, -0.25) is 4.68 Å². The molecular weight excluding hydrogens is 236 g/mol. The molecule has 4 heteroatoms. The lowest BCUT2D eigenvalue weighted by Gasteiger charge is -2.16. The third kappa shape index (κ3) is 3.64. The summed E-state index contributed by atoms with van der Waals surface area (Å²) in [5.74, 6) is 1.05. The van der Waals surface area contributed by atoms with Crippen molar-refractivity contribution in [3.63, 3.8) is 0 Å². The zero-order valence-electron chi connectivity index (χ0n) is 11.9. The van der Waals surface area contributed by atoms with E-state index in [0.717, 1.165) is 25.2 Å². The molecule has 0 bridgehead atoms. The van der Waals surface area contributed by atoms with E-state index >= 15 is 0 Å². The first-order chi connectivity index (χ1) is 9.22. The van der Waals surface area contributed by atoms with Gasteiger partial charge in [-0.05, 0) is 32.9 Å². The molecule has 1 aromatic heterocycles. The highest BCUT2D eigenvalue weighted by molar-refractivity contribution is 5.23. The van der Waals surface area contributed by atoms with Gasteiger partial charge in [0.1, 0.15) is 12.2 Å². The van der Waals surface area contributed by atoms with E-state index in [2.05, 4.69) is 53.5 Å². The molecule has 0 spiro atoms. The van der Waals surface area contributed by atoms with E-state index in [4.69, 9.17) is 0 Å². The Morgan fingerprint density at radius 2 is 2.16 bits per heavy atom. The van der Waals surface area contributed by atoms with Gasteiger partial charge in [0.05, 0.1) is 0 Å². The van der Waals surface area contributed by atoms with Crippen LogP contribution in [-0.2, 0) is 19.4 Å². The van der Waals surface area contributed by atoms with Crippen LogP contribution in [0.1, 0.15) is 23.9 Å². The molecule has 102 valence electrons. The van der Waals surface area contributed by atoms with Gasteiger partial charge in [-0.2, -0.15) is 5.10 Å². The molecule has 0 aliphatic rings. The predicted molar refractivity (Wildman–Crippen MR) is 77.1 cm³/mol. The van der Waals surface area contributed by atoms with Gasteiger partial charge in [0, 0.05) is 19.0 Å². The van der Waals surface area contributed by atoms with Crippen LogP contribution in [0.2, 0.25) is 0 Å². The van der Waals surface area contributed by atoms with Crippen LogP contribution in [0.25, 0.3) is 0 Å². The fourth-order valence-corrected chi connectivity index (χ4v) is 2.33. The number of nitrogens with one attached hydrogen (secondary N) is 1. The van der Waals surface area contributed by atoms with Crippen molar-refractivity contribution < 1.29 is 0 Å². The molecule has 4 nitrogen and oxygen atoms in total. The molecule has 0 saturated carbocycles. The average molecular weight is 258 g/mol. The number of nitrogens with zero attached hydrogens (tertiary/aromatic N) is 3. The number of aryl methyl sites for hydroxylation is 2. The van der Waals surface area contributed by atoms with Crippen LogP contribution in [-0.4, -0.2) is 27.9 Å². The smallest absolute Gasteiger partial charge is 0.138 e. The predicted octanol–water partition coefficient (Wildman–Crippen LogP) is 1.98. The molecule has 0 radical (unpaired) electrons. The zero-order chi connectivity index (χ0) is 13.7. The van der Waals surface area contributed by atoms with Gasteiger partial charge < -0.3 is 5.32 Å². The van der Waals surface area contributed by atoms with Gasteiger partial charge in [-0.25, -0.2) is 4.98 Å². The molecule has 1 aromatic carbocycles. The summed E-state index contributed by atoms with van der Waals surface area (Å²) in [5.41, 5.74) is 2.67. The Kier molecular flexibility index (Phi) is 4.68. The molecule has 0 aliphatic carbocycles. The minimum atomic E-state index is 0.385. The first-order valence-corrected chi connectivity index (χ1v) is 6.82. The summed E-state index contributed by atoms with van der Waals surface area (Å²) >= 11 is 0. The highest BCUT2D eigenvalue weighted by atomic mass is 15.3. The molecule has 2 rings (SSSR count). The third-order valence-electron chi connectivity index (χ3n) is 3.40. The lowest BCUT2D eigenvalue weighted by Crippen LogP contribution is -2.31. The largest absolute Gasteiger partial charge is 0.316 e. The highest BCUT2D eigenvalue weighted by Crippen LogP contribution is 2.09. The standard InChI is InChI=1S/C15H22N4/c1-4-19-15(17-11-18-19)10-14(16-3)9-13-7-5-6-12(2)8-13/h5-8,11,14,16H,4,9-10H2,1-3H3. The summed E-state index contributed by atoms with van der Waals surface area (Å²) in [7, 11) is 2.01. The Morgan fingerprint density at radius 1 is 1.32 bits per heavy atom. The van der Waals surface area contributed by atoms with Crippen LogP contribution in [0.3, 0.4) is 0 Å². The number of likely N-dealkylation sites (N-methyl/N-ethyl adjacent to an activating group) is 1. The normalized spacial score (nSPS) is 12.6. The maximum atomic E-state index is 4.35. The second-order valence-corrected chi connectivity index (χ2v) is 4.87. The Bertz CT molecular complexity index is 518. The van der Waals surface area contributed by atoms with E-state index in [0.29, 0.717) is 6.04 Å². The molecule has 19 heavy (non-hydrogen) atoms. The maximum absolute atomic E-state index is 4.35. The van der Waals surface area contributed by atoms with Gasteiger partial charge in [0.2, 0.25) is 0 Å². The fourth-order valence-electron chi connectivity index (χ4n) is 2.33. The van der Waals surface area contributed by atoms with Crippen molar-refractivity contribution in [3.05, 3.63) is 47.5 Å². The molecule has 0 fully saturated rings. The molecule has 1 N–H and O–H groups in total. The lowest BCUT2D eigenvalue weighted by molar-refractivity contribution is 0.513. The lowest BCUT2D eigenvalue weighted by atomic mass is 10.0. The summed E-state index contributed by atoms with van der Waals surface area (Å²) < 4.78 is 1.96. The molecule has 0 aliphatic heterocycles. The number of rotatable bonds is 6. The summed E-state index contributed by atoms with van der Waals surface area (Å²) in [6.45, 7) is 5.09. The van der Waals surface area contributed by atoms with E-state index in [-0.39, 0.29) is 0 Å². The molecule has 1 heterocycles. The van der Waals surface area contributed by atoms with E-state index in [1.807, 2.05) is 11.7 Å². The number of aromatic nitrogens is 3. The van der Waals surface area contributed by atoms with Crippen LogP contribution in [0.15, 0.2) is 30.6 Å². The van der Waals surface area contributed by atoms with E-state index < -0.39 is 0 Å². The van der Waals surface area contributed by atoms with Crippen LogP contribution < -0.4 is 5.32 Å². The molecular formula is C15H22N4. The Labute approximate surface area is 114 Å². The molecule has 1 unspecified atom stereocenters. The Hall–Kier alpha value is -1.68. The summed E-state index contributed by atoms with van der Waals surface area (Å²) in [6, 6.07) is 9.06. The van der Waals surface area contributed by atoms with Crippen LogP contribution in [0.4, 0.5) is 0 Å². The zero-order valence-corrected chi connectivity index (χ0v) is 11.9. The Morgan fingerprint density at radius 3 is 2.84 bits per heavy atom. The van der Waals surface area contributed by atoms with Crippen molar-refractivity contribution >= 4 is 0 Å². The number of benzene rings is 1. The van der Waals surface area contributed by atoms with Crippen molar-refractivity contribution in [2.75, 3.05) is 7.05 Å². The average Bonchev–Trinajstić information content (AvgIpc) is 2.85. The van der Waals surface area contributed by atoms with Crippen LogP contribution in [0.5, 0.6) is 0 Å². The molecule has 1 atom stereocenters. The quantitative estimate of drug-likeness (QED) is 0.861. The summed E-state index contributed by atoms with van der Waals surface area (Å²) in [6.07, 6.45) is 3.55. The molecule has 0 amide bonds. The van der Waals surface area contributed by atoms with Crippen LogP contribution >= 0.6 is 0 Å². The van der Waals surface area contributed by atoms with Gasteiger partial charge >= 0.3 is 0 Å². The van der Waals surface area contributed by atoms with Gasteiger partial charge in [-0.15, -0.1) is 0 Å². The van der Waals surface area contributed by atoms with Crippen molar-refractivity contribution in [1.29, 1.82) is 0 Å². The number of hydrogen-bond donors (Lipinski definition) is 1. The van der Waals surface area contributed by atoms with Crippen molar-refractivity contribution in [2.45, 2.75) is 39.3 Å². The first-order valence-electron chi connectivity index (χ1n) is 6.82. The molecule has 0 saturated heterocycles. The summed E-state index contributed by atoms with van der Waals surface area (Å²) in [5, 5.41) is 7.60. The van der Waals surface area contributed by atoms with Gasteiger partial charge in [0.15, 0.2) is 0 Å². The maximum Gasteiger partial charge on any atom is 0.138 e. The van der Waals surface area contributed by atoms with Gasteiger partial charge in [-0.1, -0.05) is 29.8 Å². The fraction of sp³-hybridized carbons (Fsp3) is 0.467. The number of hydrogen-bond acceptors (Lipinski definition) is 3. The second-order valence-electron chi connectivity index (χ2n) is 4.87. The van der Waals surface area contributed by atoms with E-state index in [1.54, 1.807) is 6.33 Å². The highest BCUT2D eigenvalue weighted by Gasteiger charge is 2.12. The minimum absolute atomic E-state index is 0.385. The minimum Gasteiger partial charge on any atom is -0.316 e.